The van der Waals surface area contributed by atoms with E-state index in [2.05, 4.69) is 25.6 Å². The van der Waals surface area contributed by atoms with Crippen LogP contribution < -0.4 is 15.4 Å². The first-order chi connectivity index (χ1) is 19.4. The Morgan fingerprint density at radius 1 is 0.854 bits per heavy atom. The number of hydrogen-bond donors (Lipinski definition) is 0. The maximum Gasteiger partial charge on any atom is 0.544 e. The van der Waals surface area contributed by atoms with Gasteiger partial charge in [0.25, 0.3) is 8.32 Å². The number of esters is 1. The summed E-state index contributed by atoms with van der Waals surface area (Å²) in [6.07, 6.45) is -5.80. The normalized spacial score (nSPS) is 17.8. The molecule has 2 atom stereocenters. The Balaban J connectivity index is 1.76. The van der Waals surface area contributed by atoms with E-state index in [0.29, 0.717) is 0 Å². The third-order valence-electron chi connectivity index (χ3n) is 7.10. The summed E-state index contributed by atoms with van der Waals surface area (Å²) in [6.45, 7) is 6.11. The van der Waals surface area contributed by atoms with Crippen molar-refractivity contribution in [2.24, 2.45) is 0 Å². The first-order valence-corrected chi connectivity index (χ1v) is 15.1. The van der Waals surface area contributed by atoms with E-state index in [-0.39, 0.29) is 23.7 Å². The summed E-state index contributed by atoms with van der Waals surface area (Å²) >= 11 is 0. The van der Waals surface area contributed by atoms with Gasteiger partial charge in [-0.15, -0.1) is 13.2 Å². The Morgan fingerprint density at radius 3 is 1.78 bits per heavy atom. The number of hydrogen-bond acceptors (Lipinski definition) is 5. The fourth-order valence-electron chi connectivity index (χ4n) is 5.38. The molecule has 3 aromatic carbocycles. The molecule has 1 heterocycles. The summed E-state index contributed by atoms with van der Waals surface area (Å²) in [4.78, 5) is 31.7. The van der Waals surface area contributed by atoms with Crippen molar-refractivity contribution in [3.8, 4) is 0 Å². The molecule has 2 unspecified atom stereocenters. The van der Waals surface area contributed by atoms with E-state index in [0.717, 1.165) is 15.3 Å². The number of carbonyl (C=O) groups excluding carboxylic acids is 2. The third-order valence-corrected chi connectivity index (χ3v) is 12.2. The lowest BCUT2D eigenvalue weighted by atomic mass is 10.2. The first-order valence-electron chi connectivity index (χ1n) is 13.2. The highest BCUT2D eigenvalue weighted by Gasteiger charge is 2.54. The van der Waals surface area contributed by atoms with Crippen molar-refractivity contribution in [2.75, 3.05) is 18.7 Å². The van der Waals surface area contributed by atoms with Crippen LogP contribution in [-0.4, -0.2) is 57.4 Å². The molecule has 0 N–H and O–H groups in total. The van der Waals surface area contributed by atoms with Crippen molar-refractivity contribution >= 4 is 36.4 Å². The average Bonchev–Trinajstić information content (AvgIpc) is 3.38. The average molecular weight is 587 g/mol. The molecule has 1 saturated heterocycles. The molecule has 0 saturated carbocycles. The van der Waals surface area contributed by atoms with Gasteiger partial charge < -0.3 is 14.1 Å². The van der Waals surface area contributed by atoms with Gasteiger partial charge in [0, 0.05) is 13.0 Å². The van der Waals surface area contributed by atoms with Crippen LogP contribution in [0.15, 0.2) is 91.0 Å². The van der Waals surface area contributed by atoms with Crippen LogP contribution in [0, 0.1) is 0 Å². The van der Waals surface area contributed by atoms with Crippen LogP contribution in [-0.2, 0) is 18.8 Å². The topological polar surface area (TPSA) is 68.3 Å². The number of halogens is 3. The van der Waals surface area contributed by atoms with Gasteiger partial charge in [-0.25, -0.2) is 9.59 Å². The third kappa shape index (κ3) is 6.47. The minimum atomic E-state index is -5.16. The number of carbonyl (C=O) groups is 2. The monoisotopic (exact) mass is 586 g/mol. The van der Waals surface area contributed by atoms with E-state index in [1.807, 2.05) is 60.7 Å². The van der Waals surface area contributed by atoms with Crippen molar-refractivity contribution in [3.63, 3.8) is 0 Å². The number of para-hydroxylation sites is 1. The number of ether oxygens (including phenoxy) is 1. The molecular formula is C30H33F3N2O5Si. The number of hydroxylamine groups is 1. The van der Waals surface area contributed by atoms with Crippen LogP contribution in [0.4, 0.5) is 23.7 Å². The SMILES string of the molecule is COC(=O)C1CC(O[Si](c2ccccc2)(c2ccccc2)C(C)(C)C)CN1C(=O)N(OC(F)(F)F)c1ccccc1. The Hall–Kier alpha value is -3.67. The van der Waals surface area contributed by atoms with Crippen LogP contribution in [0.5, 0.6) is 0 Å². The predicted molar refractivity (Wildman–Crippen MR) is 151 cm³/mol. The molecule has 1 aliphatic heterocycles. The predicted octanol–water partition coefficient (Wildman–Crippen LogP) is 5.26. The number of likely N-dealkylation sites (tertiary alicyclic amines) is 1. The molecule has 11 heteroatoms. The zero-order valence-corrected chi connectivity index (χ0v) is 24.3. The van der Waals surface area contributed by atoms with Gasteiger partial charge >= 0.3 is 18.4 Å². The Bertz CT molecular complexity index is 1280. The molecule has 41 heavy (non-hydrogen) atoms. The number of nitrogens with zero attached hydrogens (tertiary/aromatic N) is 2. The van der Waals surface area contributed by atoms with Gasteiger partial charge in [-0.05, 0) is 27.5 Å². The molecule has 2 amide bonds. The number of methoxy groups -OCH3 is 1. The fraction of sp³-hybridized carbons (Fsp3) is 0.333. The van der Waals surface area contributed by atoms with Crippen molar-refractivity contribution in [1.82, 2.24) is 4.90 Å². The maximum atomic E-state index is 13.7. The second-order valence-corrected chi connectivity index (χ2v) is 15.0. The quantitative estimate of drug-likeness (QED) is 0.215. The van der Waals surface area contributed by atoms with Crippen LogP contribution in [0.1, 0.15) is 27.2 Å². The first kappa shape index (κ1) is 30.3. The second-order valence-electron chi connectivity index (χ2n) is 10.8. The lowest BCUT2D eigenvalue weighted by molar-refractivity contribution is -0.325. The number of amides is 2. The van der Waals surface area contributed by atoms with Crippen LogP contribution in [0.25, 0.3) is 0 Å². The molecule has 0 aromatic heterocycles. The molecule has 0 radical (unpaired) electrons. The molecule has 0 aliphatic carbocycles. The van der Waals surface area contributed by atoms with Crippen molar-refractivity contribution < 1.29 is 36.8 Å². The van der Waals surface area contributed by atoms with Gasteiger partial charge in [-0.2, -0.15) is 9.90 Å². The van der Waals surface area contributed by atoms with Gasteiger partial charge in [-0.1, -0.05) is 99.6 Å². The summed E-state index contributed by atoms with van der Waals surface area (Å²) in [7, 11) is -1.93. The largest absolute Gasteiger partial charge is 0.544 e. The summed E-state index contributed by atoms with van der Waals surface area (Å²) in [5.74, 6) is -0.757. The van der Waals surface area contributed by atoms with E-state index in [9.17, 15) is 22.8 Å². The van der Waals surface area contributed by atoms with E-state index >= 15 is 0 Å². The zero-order chi connectivity index (χ0) is 29.8. The van der Waals surface area contributed by atoms with Gasteiger partial charge in [0.1, 0.15) is 6.04 Å². The maximum absolute atomic E-state index is 13.7. The minimum Gasteiger partial charge on any atom is -0.467 e. The molecule has 1 aliphatic rings. The fourth-order valence-corrected chi connectivity index (χ4v) is 10.1. The molecule has 3 aromatic rings. The van der Waals surface area contributed by atoms with E-state index in [1.165, 1.54) is 31.4 Å². The van der Waals surface area contributed by atoms with E-state index in [1.54, 1.807) is 6.07 Å². The number of alkyl halides is 3. The smallest absolute Gasteiger partial charge is 0.467 e. The number of anilines is 1. The molecule has 0 spiro atoms. The Labute approximate surface area is 238 Å². The summed E-state index contributed by atoms with van der Waals surface area (Å²) in [5, 5.41) is 1.73. The summed E-state index contributed by atoms with van der Waals surface area (Å²) in [5.41, 5.74) is -0.144. The van der Waals surface area contributed by atoms with Crippen LogP contribution in [0.2, 0.25) is 5.04 Å². The summed E-state index contributed by atoms with van der Waals surface area (Å²) in [6, 6.07) is 24.4. The zero-order valence-electron chi connectivity index (χ0n) is 23.3. The lowest BCUT2D eigenvalue weighted by Gasteiger charge is -2.44. The highest BCUT2D eigenvalue weighted by atomic mass is 28.4. The standard InChI is InChI=1S/C30H33F3N2O5Si/c1-29(2,3)41(24-16-10-6-11-17-24,25-18-12-7-13-19-25)39-23-20-26(27(36)38-4)34(21-23)28(37)35(40-30(31,32)33)22-14-8-5-9-15-22/h5-19,23,26H,20-21H2,1-4H3. The highest BCUT2D eigenvalue weighted by molar-refractivity contribution is 6.99. The molecular weight excluding hydrogens is 553 g/mol. The molecule has 0 bridgehead atoms. The van der Waals surface area contributed by atoms with E-state index in [4.69, 9.17) is 9.16 Å². The summed E-state index contributed by atoms with van der Waals surface area (Å²) < 4.78 is 52.3. The van der Waals surface area contributed by atoms with Gasteiger partial charge in [0.05, 0.1) is 18.9 Å². The van der Waals surface area contributed by atoms with Gasteiger partial charge in [-0.3, -0.25) is 0 Å². The Morgan fingerprint density at radius 2 is 1.34 bits per heavy atom. The second kappa shape index (κ2) is 12.1. The van der Waals surface area contributed by atoms with E-state index < -0.39 is 43.9 Å². The van der Waals surface area contributed by atoms with Crippen molar-refractivity contribution in [3.05, 3.63) is 91.0 Å². The van der Waals surface area contributed by atoms with Crippen molar-refractivity contribution in [2.45, 2.75) is 50.7 Å². The van der Waals surface area contributed by atoms with Crippen LogP contribution in [0.3, 0.4) is 0 Å². The van der Waals surface area contributed by atoms with Gasteiger partial charge in [0.2, 0.25) is 0 Å². The Kier molecular flexibility index (Phi) is 8.91. The highest BCUT2D eigenvalue weighted by Crippen LogP contribution is 2.39. The van der Waals surface area contributed by atoms with Crippen molar-refractivity contribution in [1.29, 1.82) is 0 Å². The number of urea groups is 1. The molecule has 4 rings (SSSR count). The number of rotatable bonds is 7. The molecule has 1 fully saturated rings. The molecule has 7 nitrogen and oxygen atoms in total. The van der Waals surface area contributed by atoms with Crippen LogP contribution >= 0.6 is 0 Å². The lowest BCUT2D eigenvalue weighted by Crippen LogP contribution is -2.67. The van der Waals surface area contributed by atoms with Gasteiger partial charge in [0.15, 0.2) is 0 Å². The number of benzene rings is 3. The molecule has 218 valence electrons. The minimum absolute atomic E-state index is 0.0392.